The van der Waals surface area contributed by atoms with Crippen molar-refractivity contribution in [3.8, 4) is 0 Å². The van der Waals surface area contributed by atoms with Gasteiger partial charge in [0, 0.05) is 35.5 Å². The van der Waals surface area contributed by atoms with E-state index in [4.69, 9.17) is 21.1 Å². The standard InChI is InChI=1S/C25H28ClFN2O6S/c1-15-8-9-28-13-16(15)14-29(22-21(26)19(36-23(22)27)12-20(30)34-3)24(31)17-6-4-5-7-18(17)25(32)35-11-10-33-2/h8-9,13H,4-7,10-12,14H2,1-3H3. The number of anilines is 1. The molecular weight excluding hydrogens is 511 g/mol. The van der Waals surface area contributed by atoms with Gasteiger partial charge in [0.2, 0.25) is 5.13 Å². The van der Waals surface area contributed by atoms with Gasteiger partial charge in [-0.15, -0.1) is 11.3 Å². The Balaban J connectivity index is 2.07. The number of rotatable bonds is 10. The maximum Gasteiger partial charge on any atom is 0.334 e. The molecule has 0 unspecified atom stereocenters. The Kier molecular flexibility index (Phi) is 9.98. The topological polar surface area (TPSA) is 95.0 Å². The molecule has 3 rings (SSSR count). The second-order valence-electron chi connectivity index (χ2n) is 8.20. The van der Waals surface area contributed by atoms with Crippen molar-refractivity contribution in [3.63, 3.8) is 0 Å². The van der Waals surface area contributed by atoms with E-state index in [0.29, 0.717) is 36.2 Å². The van der Waals surface area contributed by atoms with Crippen LogP contribution in [0.25, 0.3) is 0 Å². The van der Waals surface area contributed by atoms with Gasteiger partial charge >= 0.3 is 11.9 Å². The van der Waals surface area contributed by atoms with Gasteiger partial charge in [0.15, 0.2) is 0 Å². The van der Waals surface area contributed by atoms with Gasteiger partial charge in [-0.25, -0.2) is 4.79 Å². The minimum Gasteiger partial charge on any atom is -0.469 e. The number of nitrogens with zero attached hydrogens (tertiary/aromatic N) is 2. The summed E-state index contributed by atoms with van der Waals surface area (Å²) in [6, 6.07) is 1.78. The van der Waals surface area contributed by atoms with E-state index < -0.39 is 23.0 Å². The molecule has 0 spiro atoms. The van der Waals surface area contributed by atoms with Crippen molar-refractivity contribution in [2.45, 2.75) is 45.6 Å². The lowest BCUT2D eigenvalue weighted by molar-refractivity contribution is -0.141. The molecule has 0 radical (unpaired) electrons. The number of carbonyl (C=O) groups excluding carboxylic acids is 3. The van der Waals surface area contributed by atoms with Gasteiger partial charge in [-0.3, -0.25) is 19.5 Å². The highest BCUT2D eigenvalue weighted by Crippen LogP contribution is 2.41. The molecule has 0 N–H and O–H groups in total. The number of esters is 2. The van der Waals surface area contributed by atoms with Gasteiger partial charge in [0.05, 0.1) is 31.7 Å². The van der Waals surface area contributed by atoms with Crippen LogP contribution in [0.2, 0.25) is 5.02 Å². The maximum absolute atomic E-state index is 15.3. The number of pyridine rings is 1. The van der Waals surface area contributed by atoms with Gasteiger partial charge in [-0.2, -0.15) is 4.39 Å². The van der Waals surface area contributed by atoms with E-state index >= 15 is 4.39 Å². The van der Waals surface area contributed by atoms with Crippen molar-refractivity contribution in [2.24, 2.45) is 0 Å². The number of aromatic nitrogens is 1. The fourth-order valence-corrected chi connectivity index (χ4v) is 5.21. The summed E-state index contributed by atoms with van der Waals surface area (Å²) >= 11 is 7.21. The molecule has 0 aromatic carbocycles. The summed E-state index contributed by atoms with van der Waals surface area (Å²) < 4.78 is 30.2. The molecule has 0 saturated heterocycles. The van der Waals surface area contributed by atoms with Crippen LogP contribution in [0, 0.1) is 12.1 Å². The molecule has 1 aliphatic carbocycles. The fourth-order valence-electron chi connectivity index (χ4n) is 3.88. The number of hydrogen-bond donors (Lipinski definition) is 0. The highest BCUT2D eigenvalue weighted by molar-refractivity contribution is 7.11. The van der Waals surface area contributed by atoms with E-state index in [9.17, 15) is 14.4 Å². The number of hydrogen-bond acceptors (Lipinski definition) is 8. The lowest BCUT2D eigenvalue weighted by Crippen LogP contribution is -2.34. The quantitative estimate of drug-likeness (QED) is 0.323. The molecule has 1 aliphatic rings. The van der Waals surface area contributed by atoms with Crippen LogP contribution < -0.4 is 4.90 Å². The van der Waals surface area contributed by atoms with Gasteiger partial charge in [0.1, 0.15) is 12.3 Å². The first-order valence-corrected chi connectivity index (χ1v) is 12.6. The molecule has 0 saturated carbocycles. The van der Waals surface area contributed by atoms with E-state index in [0.717, 1.165) is 12.0 Å². The number of methoxy groups -OCH3 is 2. The number of carbonyl (C=O) groups is 3. The van der Waals surface area contributed by atoms with Crippen molar-refractivity contribution >= 4 is 46.5 Å². The van der Waals surface area contributed by atoms with E-state index in [-0.39, 0.29) is 52.9 Å². The van der Waals surface area contributed by atoms with Crippen molar-refractivity contribution in [3.05, 3.63) is 55.8 Å². The number of halogens is 2. The molecular formula is C25H28ClFN2O6S. The third-order valence-corrected chi connectivity index (χ3v) is 7.35. The summed E-state index contributed by atoms with van der Waals surface area (Å²) in [6.45, 7) is 2.11. The molecule has 2 heterocycles. The third kappa shape index (κ3) is 6.48. The number of ether oxygens (including phenoxy) is 3. The summed E-state index contributed by atoms with van der Waals surface area (Å²) in [5.41, 5.74) is 1.93. The minimum absolute atomic E-state index is 0.0287. The van der Waals surface area contributed by atoms with Gasteiger partial charge < -0.3 is 14.2 Å². The van der Waals surface area contributed by atoms with Gasteiger partial charge in [-0.05, 0) is 49.8 Å². The molecule has 36 heavy (non-hydrogen) atoms. The Bertz CT molecular complexity index is 1170. The van der Waals surface area contributed by atoms with Crippen LogP contribution in [0.4, 0.5) is 10.1 Å². The number of amides is 1. The Hall–Kier alpha value is -2.82. The fraction of sp³-hybridized carbons (Fsp3) is 0.440. The zero-order chi connectivity index (χ0) is 26.2. The lowest BCUT2D eigenvalue weighted by atomic mass is 9.90. The van der Waals surface area contributed by atoms with Crippen LogP contribution >= 0.6 is 22.9 Å². The smallest absolute Gasteiger partial charge is 0.334 e. The van der Waals surface area contributed by atoms with Crippen LogP contribution in [-0.4, -0.2) is 50.3 Å². The highest BCUT2D eigenvalue weighted by atomic mass is 35.5. The predicted octanol–water partition coefficient (Wildman–Crippen LogP) is 4.55. The molecule has 2 aromatic heterocycles. The van der Waals surface area contributed by atoms with Gasteiger partial charge in [0.25, 0.3) is 5.91 Å². The Morgan fingerprint density at radius 2 is 1.89 bits per heavy atom. The van der Waals surface area contributed by atoms with Crippen LogP contribution in [0.5, 0.6) is 0 Å². The largest absolute Gasteiger partial charge is 0.469 e. The zero-order valence-electron chi connectivity index (χ0n) is 20.4. The zero-order valence-corrected chi connectivity index (χ0v) is 22.0. The van der Waals surface area contributed by atoms with Crippen molar-refractivity contribution in [2.75, 3.05) is 32.3 Å². The monoisotopic (exact) mass is 538 g/mol. The first-order chi connectivity index (χ1) is 17.3. The minimum atomic E-state index is -0.713. The Morgan fingerprint density at radius 3 is 2.56 bits per heavy atom. The molecule has 2 aromatic rings. The van der Waals surface area contributed by atoms with E-state index in [1.807, 2.05) is 6.92 Å². The molecule has 0 aliphatic heterocycles. The summed E-state index contributed by atoms with van der Waals surface area (Å²) in [4.78, 5) is 44.2. The normalized spacial score (nSPS) is 13.5. The first kappa shape index (κ1) is 27.8. The maximum atomic E-state index is 15.3. The van der Waals surface area contributed by atoms with Crippen molar-refractivity contribution in [1.29, 1.82) is 0 Å². The third-order valence-electron chi connectivity index (χ3n) is 5.87. The van der Waals surface area contributed by atoms with Crippen molar-refractivity contribution in [1.82, 2.24) is 4.98 Å². The second-order valence-corrected chi connectivity index (χ2v) is 9.63. The SMILES string of the molecule is COCCOC(=O)C1=C(C(=O)N(Cc2cnccc2C)c2c(F)sc(CC(=O)OC)c2Cl)CCCC1. The average molecular weight is 539 g/mol. The van der Waals surface area contributed by atoms with Crippen LogP contribution in [0.3, 0.4) is 0 Å². The second kappa shape index (κ2) is 12.9. The molecule has 1 amide bonds. The lowest BCUT2D eigenvalue weighted by Gasteiger charge is -2.27. The highest BCUT2D eigenvalue weighted by Gasteiger charge is 2.33. The summed E-state index contributed by atoms with van der Waals surface area (Å²) in [6.07, 6.45) is 5.13. The Labute approximate surface area is 218 Å². The molecule has 0 bridgehead atoms. The molecule has 0 atom stereocenters. The van der Waals surface area contributed by atoms with Gasteiger partial charge in [-0.1, -0.05) is 11.6 Å². The summed E-state index contributed by atoms with van der Waals surface area (Å²) in [7, 11) is 2.72. The number of thiophene rings is 1. The van der Waals surface area contributed by atoms with Crippen LogP contribution in [0.1, 0.15) is 41.7 Å². The average Bonchev–Trinajstić information content (AvgIpc) is 3.15. The number of aryl methyl sites for hydroxylation is 1. The first-order valence-electron chi connectivity index (χ1n) is 11.4. The summed E-state index contributed by atoms with van der Waals surface area (Å²) in [5.74, 6) is -1.71. The van der Waals surface area contributed by atoms with Crippen molar-refractivity contribution < 1.29 is 33.0 Å². The molecule has 0 fully saturated rings. The summed E-state index contributed by atoms with van der Waals surface area (Å²) in [5, 5.41) is -0.757. The van der Waals surface area contributed by atoms with E-state index in [1.165, 1.54) is 19.1 Å². The molecule has 11 heteroatoms. The van der Waals surface area contributed by atoms with Crippen LogP contribution in [-0.2, 0) is 41.6 Å². The van der Waals surface area contributed by atoms with E-state index in [2.05, 4.69) is 9.72 Å². The van der Waals surface area contributed by atoms with Crippen LogP contribution in [0.15, 0.2) is 29.6 Å². The predicted molar refractivity (Wildman–Crippen MR) is 133 cm³/mol. The molecule has 194 valence electrons. The Morgan fingerprint density at radius 1 is 1.17 bits per heavy atom. The van der Waals surface area contributed by atoms with E-state index in [1.54, 1.807) is 18.5 Å². The molecule has 8 nitrogen and oxygen atoms in total.